The molecule has 17 heavy (non-hydrogen) atoms. The number of carbonyl (C=O) groups excluding carboxylic acids is 2. The van der Waals surface area contributed by atoms with Crippen molar-refractivity contribution in [2.75, 3.05) is 6.54 Å². The molecule has 1 saturated heterocycles. The summed E-state index contributed by atoms with van der Waals surface area (Å²) in [5.74, 6) is 0.0403. The summed E-state index contributed by atoms with van der Waals surface area (Å²) in [5, 5.41) is 10.1. The second-order valence-electron chi connectivity index (χ2n) is 5.22. The number of likely N-dealkylation sites (tertiary alicyclic amines) is 1. The Balaban J connectivity index is 1.89. The third kappa shape index (κ3) is 3.06. The van der Waals surface area contributed by atoms with Crippen LogP contribution in [-0.2, 0) is 9.59 Å². The van der Waals surface area contributed by atoms with Gasteiger partial charge < -0.3 is 5.11 Å². The van der Waals surface area contributed by atoms with Crippen molar-refractivity contribution in [2.24, 2.45) is 5.92 Å². The van der Waals surface area contributed by atoms with E-state index in [1.165, 1.54) is 11.3 Å². The molecule has 1 aliphatic heterocycles. The molecule has 0 aromatic rings. The van der Waals surface area contributed by atoms with E-state index in [-0.39, 0.29) is 24.3 Å². The predicted molar refractivity (Wildman–Crippen MR) is 63.2 cm³/mol. The van der Waals surface area contributed by atoms with E-state index in [1.54, 1.807) is 0 Å². The van der Waals surface area contributed by atoms with Crippen LogP contribution in [0.4, 0.5) is 0 Å². The highest BCUT2D eigenvalue weighted by Crippen LogP contribution is 2.27. The molecule has 4 heteroatoms. The summed E-state index contributed by atoms with van der Waals surface area (Å²) in [7, 11) is 0. The lowest BCUT2D eigenvalue weighted by molar-refractivity contribution is -0.150. The zero-order valence-electron chi connectivity index (χ0n) is 10.2. The molecule has 0 spiro atoms. The Labute approximate surface area is 102 Å². The number of piperidine rings is 1. The van der Waals surface area contributed by atoms with Gasteiger partial charge in [0, 0.05) is 12.8 Å². The highest BCUT2D eigenvalue weighted by atomic mass is 16.3. The fourth-order valence-electron chi connectivity index (χ4n) is 2.86. The van der Waals surface area contributed by atoms with Gasteiger partial charge in [0.25, 0.3) is 0 Å². The van der Waals surface area contributed by atoms with Gasteiger partial charge in [-0.05, 0) is 25.2 Å². The minimum atomic E-state index is -0.527. The van der Waals surface area contributed by atoms with E-state index in [0.717, 1.165) is 25.7 Å². The number of nitrogens with zero attached hydrogens (tertiary/aromatic N) is 1. The molecule has 2 rings (SSSR count). The molecule has 2 amide bonds. The average Bonchev–Trinajstić information content (AvgIpc) is 2.35. The maximum Gasteiger partial charge on any atom is 0.229 e. The van der Waals surface area contributed by atoms with E-state index < -0.39 is 6.10 Å². The first-order chi connectivity index (χ1) is 8.18. The Morgan fingerprint density at radius 2 is 1.65 bits per heavy atom. The van der Waals surface area contributed by atoms with Crippen LogP contribution >= 0.6 is 0 Å². The number of aliphatic hydroxyl groups excluding tert-OH is 1. The minimum Gasteiger partial charge on any atom is -0.391 e. The summed E-state index contributed by atoms with van der Waals surface area (Å²) >= 11 is 0. The van der Waals surface area contributed by atoms with Gasteiger partial charge in [0.05, 0.1) is 12.6 Å². The zero-order chi connectivity index (χ0) is 12.3. The van der Waals surface area contributed by atoms with E-state index >= 15 is 0 Å². The fourth-order valence-corrected chi connectivity index (χ4v) is 2.86. The molecule has 0 radical (unpaired) electrons. The molecular weight excluding hydrogens is 218 g/mol. The van der Waals surface area contributed by atoms with Crippen molar-refractivity contribution in [1.82, 2.24) is 4.90 Å². The van der Waals surface area contributed by atoms with E-state index in [1.807, 2.05) is 0 Å². The first-order valence-electron chi connectivity index (χ1n) is 6.70. The number of aliphatic hydroxyl groups is 1. The molecule has 1 atom stereocenters. The summed E-state index contributed by atoms with van der Waals surface area (Å²) in [6.07, 6.45) is 6.63. The summed E-state index contributed by atoms with van der Waals surface area (Å²) < 4.78 is 0. The maximum absolute atomic E-state index is 11.6. The van der Waals surface area contributed by atoms with Crippen LogP contribution in [0, 0.1) is 5.92 Å². The van der Waals surface area contributed by atoms with Crippen molar-refractivity contribution < 1.29 is 14.7 Å². The third-order valence-corrected chi connectivity index (χ3v) is 3.95. The van der Waals surface area contributed by atoms with E-state index in [0.29, 0.717) is 19.3 Å². The van der Waals surface area contributed by atoms with Crippen LogP contribution in [0.15, 0.2) is 0 Å². The second-order valence-corrected chi connectivity index (χ2v) is 5.22. The van der Waals surface area contributed by atoms with E-state index in [2.05, 4.69) is 0 Å². The number of imide groups is 1. The van der Waals surface area contributed by atoms with Crippen molar-refractivity contribution >= 4 is 11.8 Å². The Morgan fingerprint density at radius 3 is 2.24 bits per heavy atom. The fraction of sp³-hybridized carbons (Fsp3) is 0.846. The first-order valence-corrected chi connectivity index (χ1v) is 6.70. The quantitative estimate of drug-likeness (QED) is 0.759. The number of hydrogen-bond acceptors (Lipinski definition) is 3. The summed E-state index contributed by atoms with van der Waals surface area (Å²) in [4.78, 5) is 24.5. The van der Waals surface area contributed by atoms with Gasteiger partial charge in [-0.25, -0.2) is 0 Å². The number of rotatable bonds is 3. The lowest BCUT2D eigenvalue weighted by atomic mass is 9.85. The molecule has 0 aromatic heterocycles. The molecule has 0 bridgehead atoms. The van der Waals surface area contributed by atoms with Crippen molar-refractivity contribution in [1.29, 1.82) is 0 Å². The molecule has 2 fully saturated rings. The van der Waals surface area contributed by atoms with Crippen molar-refractivity contribution in [3.63, 3.8) is 0 Å². The van der Waals surface area contributed by atoms with Crippen LogP contribution in [0.1, 0.15) is 51.4 Å². The molecule has 4 nitrogen and oxygen atoms in total. The Kier molecular flexibility index (Phi) is 4.15. The van der Waals surface area contributed by atoms with Gasteiger partial charge in [-0.1, -0.05) is 19.3 Å². The number of β-amino-alcohol motifs (C(OH)–C–C–N with tert-alkyl or cyclic N) is 1. The number of amides is 2. The molecule has 96 valence electrons. The topological polar surface area (TPSA) is 57.6 Å². The molecule has 1 saturated carbocycles. The predicted octanol–water partition coefficient (Wildman–Crippen LogP) is 1.47. The number of carbonyl (C=O) groups is 2. The molecule has 1 N–H and O–H groups in total. The monoisotopic (exact) mass is 239 g/mol. The average molecular weight is 239 g/mol. The highest BCUT2D eigenvalue weighted by molar-refractivity contribution is 5.97. The summed E-state index contributed by atoms with van der Waals surface area (Å²) in [6.45, 7) is 0.211. The Bertz CT molecular complexity index is 281. The largest absolute Gasteiger partial charge is 0.391 e. The summed E-state index contributed by atoms with van der Waals surface area (Å²) in [5.41, 5.74) is 0. The van der Waals surface area contributed by atoms with Crippen molar-refractivity contribution in [2.45, 2.75) is 57.5 Å². The van der Waals surface area contributed by atoms with Crippen LogP contribution in [0.2, 0.25) is 0 Å². The normalized spacial score (nSPS) is 25.1. The highest BCUT2D eigenvalue weighted by Gasteiger charge is 2.30. The van der Waals surface area contributed by atoms with Crippen LogP contribution in [0.25, 0.3) is 0 Å². The molecule has 1 unspecified atom stereocenters. The Morgan fingerprint density at radius 1 is 1.06 bits per heavy atom. The van der Waals surface area contributed by atoms with Gasteiger partial charge in [0.2, 0.25) is 11.8 Å². The SMILES string of the molecule is O=C1CCCC(=O)N1CC(O)C1CCCCC1. The van der Waals surface area contributed by atoms with Crippen LogP contribution in [0.3, 0.4) is 0 Å². The van der Waals surface area contributed by atoms with Gasteiger partial charge in [-0.3, -0.25) is 14.5 Å². The second kappa shape index (κ2) is 5.63. The van der Waals surface area contributed by atoms with E-state index in [4.69, 9.17) is 0 Å². The molecule has 1 aliphatic carbocycles. The minimum absolute atomic E-state index is 0.115. The zero-order valence-corrected chi connectivity index (χ0v) is 10.2. The van der Waals surface area contributed by atoms with Gasteiger partial charge in [-0.2, -0.15) is 0 Å². The summed E-state index contributed by atoms with van der Waals surface area (Å²) in [6, 6.07) is 0. The lowest BCUT2D eigenvalue weighted by Gasteiger charge is -2.32. The lowest BCUT2D eigenvalue weighted by Crippen LogP contribution is -2.46. The van der Waals surface area contributed by atoms with Crippen LogP contribution in [0.5, 0.6) is 0 Å². The van der Waals surface area contributed by atoms with E-state index in [9.17, 15) is 14.7 Å². The molecular formula is C13H21NO3. The third-order valence-electron chi connectivity index (χ3n) is 3.95. The Hall–Kier alpha value is -0.900. The van der Waals surface area contributed by atoms with Gasteiger partial charge in [0.1, 0.15) is 0 Å². The van der Waals surface area contributed by atoms with Crippen molar-refractivity contribution in [3.8, 4) is 0 Å². The maximum atomic E-state index is 11.6. The number of hydrogen-bond donors (Lipinski definition) is 1. The van der Waals surface area contributed by atoms with Crippen molar-refractivity contribution in [3.05, 3.63) is 0 Å². The van der Waals surface area contributed by atoms with Crippen LogP contribution < -0.4 is 0 Å². The smallest absolute Gasteiger partial charge is 0.229 e. The standard InChI is InChI=1S/C13H21NO3/c15-11(10-5-2-1-3-6-10)9-14-12(16)7-4-8-13(14)17/h10-11,15H,1-9H2. The van der Waals surface area contributed by atoms with Crippen LogP contribution in [-0.4, -0.2) is 34.5 Å². The van der Waals surface area contributed by atoms with Gasteiger partial charge in [0.15, 0.2) is 0 Å². The first kappa shape index (κ1) is 12.6. The van der Waals surface area contributed by atoms with Gasteiger partial charge >= 0.3 is 0 Å². The molecule has 1 heterocycles. The molecule has 2 aliphatic rings. The molecule has 0 aromatic carbocycles. The van der Waals surface area contributed by atoms with Gasteiger partial charge in [-0.15, -0.1) is 0 Å².